The van der Waals surface area contributed by atoms with Gasteiger partial charge in [0.15, 0.2) is 0 Å². The average Bonchev–Trinajstić information content (AvgIpc) is 2.65. The lowest BCUT2D eigenvalue weighted by molar-refractivity contribution is 0.199. The van der Waals surface area contributed by atoms with Gasteiger partial charge in [-0.2, -0.15) is 0 Å². The van der Waals surface area contributed by atoms with Crippen LogP contribution in [0.15, 0.2) is 18.2 Å². The number of hydrogen-bond acceptors (Lipinski definition) is 3. The zero-order valence-electron chi connectivity index (χ0n) is 10.6. The lowest BCUT2D eigenvalue weighted by Gasteiger charge is -2.03. The molecule has 0 aliphatic heterocycles. The van der Waals surface area contributed by atoms with Gasteiger partial charge in [0, 0.05) is 10.4 Å². The van der Waals surface area contributed by atoms with Crippen LogP contribution in [0.3, 0.4) is 0 Å². The summed E-state index contributed by atoms with van der Waals surface area (Å²) in [5.41, 5.74) is 4.69. The van der Waals surface area contributed by atoms with E-state index in [1.807, 2.05) is 6.92 Å². The van der Waals surface area contributed by atoms with Crippen LogP contribution in [0.4, 0.5) is 0 Å². The summed E-state index contributed by atoms with van der Waals surface area (Å²) >= 11 is 1.57. The first kappa shape index (κ1) is 12.3. The molecule has 90 valence electrons. The summed E-state index contributed by atoms with van der Waals surface area (Å²) in [4.78, 5) is 5.68. The van der Waals surface area contributed by atoms with E-state index >= 15 is 0 Å². The Morgan fingerprint density at radius 3 is 2.41 bits per heavy atom. The fourth-order valence-corrected chi connectivity index (χ4v) is 2.63. The summed E-state index contributed by atoms with van der Waals surface area (Å²) in [6.45, 7) is 8.01. The van der Waals surface area contributed by atoms with Crippen LogP contribution in [0.25, 0.3) is 11.3 Å². The molecule has 2 rings (SSSR count). The highest BCUT2D eigenvalue weighted by Gasteiger charge is 2.13. The second kappa shape index (κ2) is 4.59. The molecule has 3 heteroatoms. The Balaban J connectivity index is 2.49. The third-order valence-electron chi connectivity index (χ3n) is 2.95. The van der Waals surface area contributed by atoms with E-state index in [4.69, 9.17) is 0 Å². The second-order valence-corrected chi connectivity index (χ2v) is 5.67. The molecule has 0 fully saturated rings. The lowest BCUT2D eigenvalue weighted by atomic mass is 10.0. The minimum atomic E-state index is -0.487. The Kier molecular flexibility index (Phi) is 3.31. The van der Waals surface area contributed by atoms with Gasteiger partial charge in [-0.3, -0.25) is 0 Å². The molecule has 0 amide bonds. The quantitative estimate of drug-likeness (QED) is 0.876. The molecule has 0 bridgehead atoms. The van der Waals surface area contributed by atoms with Gasteiger partial charge in [0.2, 0.25) is 0 Å². The Morgan fingerprint density at radius 1 is 1.18 bits per heavy atom. The van der Waals surface area contributed by atoms with E-state index in [0.717, 1.165) is 21.1 Å². The molecule has 0 radical (unpaired) electrons. The predicted molar refractivity (Wildman–Crippen MR) is 72.4 cm³/mol. The molecule has 0 aliphatic carbocycles. The molecule has 2 nitrogen and oxygen atoms in total. The third kappa shape index (κ3) is 2.40. The smallest absolute Gasteiger partial charge is 0.122 e. The topological polar surface area (TPSA) is 33.1 Å². The van der Waals surface area contributed by atoms with Crippen molar-refractivity contribution >= 4 is 11.3 Å². The highest BCUT2D eigenvalue weighted by Crippen LogP contribution is 2.31. The van der Waals surface area contributed by atoms with Crippen molar-refractivity contribution in [1.29, 1.82) is 0 Å². The summed E-state index contributed by atoms with van der Waals surface area (Å²) < 4.78 is 0. The molecule has 1 aromatic heterocycles. The van der Waals surface area contributed by atoms with E-state index in [9.17, 15) is 5.11 Å². The molecular weight excluding hydrogens is 230 g/mol. The molecule has 1 atom stereocenters. The molecule has 1 heterocycles. The van der Waals surface area contributed by atoms with Gasteiger partial charge in [0.1, 0.15) is 11.1 Å². The maximum Gasteiger partial charge on any atom is 0.122 e. The molecule has 0 saturated carbocycles. The highest BCUT2D eigenvalue weighted by molar-refractivity contribution is 7.12. The fraction of sp³-hybridized carbons (Fsp3) is 0.357. The van der Waals surface area contributed by atoms with E-state index < -0.39 is 6.10 Å². The van der Waals surface area contributed by atoms with Crippen LogP contribution in [0.2, 0.25) is 0 Å². The van der Waals surface area contributed by atoms with Gasteiger partial charge >= 0.3 is 0 Å². The van der Waals surface area contributed by atoms with Gasteiger partial charge in [-0.1, -0.05) is 12.1 Å². The monoisotopic (exact) mass is 247 g/mol. The van der Waals surface area contributed by atoms with Gasteiger partial charge in [0.05, 0.1) is 5.69 Å². The lowest BCUT2D eigenvalue weighted by Crippen LogP contribution is -1.90. The van der Waals surface area contributed by atoms with Crippen molar-refractivity contribution in [2.75, 3.05) is 0 Å². The summed E-state index contributed by atoms with van der Waals surface area (Å²) in [6.07, 6.45) is -0.487. The number of nitrogens with zero attached hydrogens (tertiary/aromatic N) is 1. The van der Waals surface area contributed by atoms with Crippen LogP contribution >= 0.6 is 11.3 Å². The zero-order chi connectivity index (χ0) is 12.6. The largest absolute Gasteiger partial charge is 0.386 e. The van der Waals surface area contributed by atoms with E-state index in [-0.39, 0.29) is 0 Å². The number of rotatable bonds is 2. The molecule has 0 aliphatic rings. The standard InChI is InChI=1S/C14H17NOS/c1-8-5-6-12(7-9(8)2)13-11(4)17-14(15-13)10(3)16/h5-7,10,16H,1-4H3. The first-order valence-corrected chi connectivity index (χ1v) is 6.53. The van der Waals surface area contributed by atoms with Crippen molar-refractivity contribution in [3.8, 4) is 11.3 Å². The van der Waals surface area contributed by atoms with Crippen molar-refractivity contribution in [3.05, 3.63) is 39.2 Å². The summed E-state index contributed by atoms with van der Waals surface area (Å²) in [5.74, 6) is 0. The van der Waals surface area contributed by atoms with Gasteiger partial charge in [-0.05, 0) is 44.9 Å². The van der Waals surface area contributed by atoms with Crippen LogP contribution < -0.4 is 0 Å². The first-order valence-electron chi connectivity index (χ1n) is 5.72. The van der Waals surface area contributed by atoms with Crippen molar-refractivity contribution in [3.63, 3.8) is 0 Å². The fourth-order valence-electron chi connectivity index (χ4n) is 1.75. The second-order valence-electron chi connectivity index (χ2n) is 4.43. The van der Waals surface area contributed by atoms with Gasteiger partial charge in [0.25, 0.3) is 0 Å². The number of aliphatic hydroxyl groups excluding tert-OH is 1. The van der Waals surface area contributed by atoms with E-state index in [1.165, 1.54) is 11.1 Å². The minimum absolute atomic E-state index is 0.487. The zero-order valence-corrected chi connectivity index (χ0v) is 11.4. The molecule has 0 saturated heterocycles. The third-order valence-corrected chi connectivity index (χ3v) is 4.09. The molecule has 1 N–H and O–H groups in total. The van der Waals surface area contributed by atoms with Crippen LogP contribution in [0.5, 0.6) is 0 Å². The van der Waals surface area contributed by atoms with E-state index in [0.29, 0.717) is 0 Å². The summed E-state index contributed by atoms with van der Waals surface area (Å²) in [7, 11) is 0. The first-order chi connectivity index (χ1) is 7.99. The number of thiazole rings is 1. The number of hydrogen-bond donors (Lipinski definition) is 1. The molecule has 2 aromatic rings. The van der Waals surface area contributed by atoms with Gasteiger partial charge < -0.3 is 5.11 Å². The maximum absolute atomic E-state index is 9.56. The minimum Gasteiger partial charge on any atom is -0.386 e. The predicted octanol–water partition coefficient (Wildman–Crippen LogP) is 3.79. The number of aromatic nitrogens is 1. The van der Waals surface area contributed by atoms with Crippen LogP contribution in [-0.4, -0.2) is 10.1 Å². The van der Waals surface area contributed by atoms with Crippen molar-refractivity contribution < 1.29 is 5.11 Å². The summed E-state index contributed by atoms with van der Waals surface area (Å²) in [6, 6.07) is 6.37. The van der Waals surface area contributed by atoms with Crippen molar-refractivity contribution in [2.24, 2.45) is 0 Å². The normalized spacial score (nSPS) is 12.8. The van der Waals surface area contributed by atoms with Crippen molar-refractivity contribution in [1.82, 2.24) is 4.98 Å². The average molecular weight is 247 g/mol. The number of benzene rings is 1. The Morgan fingerprint density at radius 2 is 1.88 bits per heavy atom. The van der Waals surface area contributed by atoms with Crippen LogP contribution in [0, 0.1) is 20.8 Å². The van der Waals surface area contributed by atoms with Gasteiger partial charge in [-0.25, -0.2) is 4.98 Å². The number of aryl methyl sites for hydroxylation is 3. The Hall–Kier alpha value is -1.19. The SMILES string of the molecule is Cc1ccc(-c2nc(C(C)O)sc2C)cc1C. The molecule has 0 spiro atoms. The molecule has 1 unspecified atom stereocenters. The number of aliphatic hydroxyl groups is 1. The maximum atomic E-state index is 9.56. The summed E-state index contributed by atoms with van der Waals surface area (Å²) in [5, 5.41) is 10.3. The Bertz CT molecular complexity index is 543. The van der Waals surface area contributed by atoms with Crippen molar-refractivity contribution in [2.45, 2.75) is 33.8 Å². The molecule has 17 heavy (non-hydrogen) atoms. The van der Waals surface area contributed by atoms with E-state index in [2.05, 4.69) is 37.0 Å². The van der Waals surface area contributed by atoms with Gasteiger partial charge in [-0.15, -0.1) is 11.3 Å². The molecule has 1 aromatic carbocycles. The molecular formula is C14H17NOS. The van der Waals surface area contributed by atoms with E-state index in [1.54, 1.807) is 18.3 Å². The van der Waals surface area contributed by atoms with Crippen LogP contribution in [0.1, 0.15) is 34.0 Å². The highest BCUT2D eigenvalue weighted by atomic mass is 32.1. The Labute approximate surface area is 106 Å². The van der Waals surface area contributed by atoms with Crippen LogP contribution in [-0.2, 0) is 0 Å².